The monoisotopic (exact) mass is 353 g/mol. The number of pyridine rings is 1. The number of amides is 2. The van der Waals surface area contributed by atoms with Crippen LogP contribution in [0.3, 0.4) is 0 Å². The number of carbonyl (C=O) groups is 2. The van der Waals surface area contributed by atoms with Gasteiger partial charge in [-0.2, -0.15) is 0 Å². The maximum Gasteiger partial charge on any atom is 0.274 e. The van der Waals surface area contributed by atoms with Crippen molar-refractivity contribution >= 4 is 23.4 Å². The summed E-state index contributed by atoms with van der Waals surface area (Å²) in [6, 6.07) is 3.26. The van der Waals surface area contributed by atoms with Crippen molar-refractivity contribution in [2.75, 3.05) is 32.8 Å². The third-order valence-corrected chi connectivity index (χ3v) is 4.12. The summed E-state index contributed by atoms with van der Waals surface area (Å²) in [6.45, 7) is 9.99. The summed E-state index contributed by atoms with van der Waals surface area (Å²) in [6.07, 6.45) is 0. The van der Waals surface area contributed by atoms with Crippen molar-refractivity contribution < 1.29 is 14.3 Å². The molecule has 0 unspecified atom stereocenters. The van der Waals surface area contributed by atoms with Gasteiger partial charge in [-0.15, -0.1) is 0 Å². The number of aromatic nitrogens is 1. The number of carbonyl (C=O) groups excluding carboxylic acids is 2. The van der Waals surface area contributed by atoms with Crippen LogP contribution < -0.4 is 4.74 Å². The zero-order valence-electron chi connectivity index (χ0n) is 14.6. The first-order chi connectivity index (χ1) is 11.2. The molecule has 132 valence electrons. The van der Waals surface area contributed by atoms with Crippen molar-refractivity contribution in [3.63, 3.8) is 0 Å². The third kappa shape index (κ3) is 4.17. The van der Waals surface area contributed by atoms with Gasteiger partial charge in [0.15, 0.2) is 5.69 Å². The Morgan fingerprint density at radius 3 is 2.29 bits per heavy atom. The molecule has 2 heterocycles. The summed E-state index contributed by atoms with van der Waals surface area (Å²) in [4.78, 5) is 32.7. The molecule has 1 aromatic rings. The van der Waals surface area contributed by atoms with E-state index >= 15 is 0 Å². The molecule has 2 rings (SSSR count). The fourth-order valence-corrected chi connectivity index (χ4v) is 2.73. The van der Waals surface area contributed by atoms with E-state index in [4.69, 9.17) is 16.3 Å². The number of hydrogen-bond acceptors (Lipinski definition) is 4. The highest BCUT2D eigenvalue weighted by Gasteiger charge is 2.31. The first-order valence-electron chi connectivity index (χ1n) is 8.12. The van der Waals surface area contributed by atoms with Gasteiger partial charge in [0.1, 0.15) is 0 Å². The Morgan fingerprint density at radius 1 is 1.17 bits per heavy atom. The molecule has 0 radical (unpaired) electrons. The van der Waals surface area contributed by atoms with E-state index in [-0.39, 0.29) is 17.5 Å². The van der Waals surface area contributed by atoms with E-state index in [1.165, 1.54) is 0 Å². The Kier molecular flexibility index (Phi) is 5.70. The van der Waals surface area contributed by atoms with E-state index in [2.05, 4.69) is 4.98 Å². The molecule has 0 aromatic carbocycles. The number of ether oxygens (including phenoxy) is 1. The van der Waals surface area contributed by atoms with E-state index in [0.717, 1.165) is 0 Å². The maximum absolute atomic E-state index is 12.7. The summed E-state index contributed by atoms with van der Waals surface area (Å²) >= 11 is 6.12. The molecule has 1 saturated heterocycles. The highest BCUT2D eigenvalue weighted by Crippen LogP contribution is 2.22. The highest BCUT2D eigenvalue weighted by atomic mass is 35.5. The van der Waals surface area contributed by atoms with Gasteiger partial charge in [0.2, 0.25) is 11.8 Å². The molecule has 1 fully saturated rings. The average Bonchev–Trinajstić information content (AvgIpc) is 2.55. The summed E-state index contributed by atoms with van der Waals surface area (Å²) < 4.78 is 5.33. The second-order valence-corrected chi connectivity index (χ2v) is 7.15. The standard InChI is InChI=1S/C17H24ClN3O3/c1-5-24-13-7-6-12(18)14(19-13)15(22)20-8-10-21(11-9-20)16(23)17(2,3)4/h6-7H,5,8-11H2,1-4H3. The smallest absolute Gasteiger partial charge is 0.274 e. The van der Waals surface area contributed by atoms with Crippen LogP contribution in [0, 0.1) is 5.41 Å². The van der Waals surface area contributed by atoms with E-state index in [1.807, 2.05) is 27.7 Å². The Hall–Kier alpha value is -1.82. The van der Waals surface area contributed by atoms with Gasteiger partial charge >= 0.3 is 0 Å². The van der Waals surface area contributed by atoms with Crippen molar-refractivity contribution in [1.29, 1.82) is 0 Å². The van der Waals surface area contributed by atoms with Crippen LogP contribution >= 0.6 is 11.6 Å². The minimum Gasteiger partial charge on any atom is -0.478 e. The normalized spacial score (nSPS) is 15.4. The molecule has 0 spiro atoms. The molecule has 0 bridgehead atoms. The van der Waals surface area contributed by atoms with Crippen molar-refractivity contribution in [2.45, 2.75) is 27.7 Å². The van der Waals surface area contributed by atoms with E-state index < -0.39 is 5.41 Å². The Balaban J connectivity index is 2.05. The fourth-order valence-electron chi connectivity index (χ4n) is 2.54. The molecule has 24 heavy (non-hydrogen) atoms. The molecule has 0 atom stereocenters. The number of hydrogen-bond donors (Lipinski definition) is 0. The van der Waals surface area contributed by atoms with Gasteiger partial charge in [-0.1, -0.05) is 32.4 Å². The predicted molar refractivity (Wildman–Crippen MR) is 92.4 cm³/mol. The second kappa shape index (κ2) is 7.38. The van der Waals surface area contributed by atoms with Crippen LogP contribution in [0.5, 0.6) is 5.88 Å². The lowest BCUT2D eigenvalue weighted by Gasteiger charge is -2.37. The van der Waals surface area contributed by atoms with Gasteiger partial charge in [-0.3, -0.25) is 9.59 Å². The molecule has 1 aliphatic rings. The highest BCUT2D eigenvalue weighted by molar-refractivity contribution is 6.33. The van der Waals surface area contributed by atoms with Crippen LogP contribution in [0.15, 0.2) is 12.1 Å². The van der Waals surface area contributed by atoms with Gasteiger partial charge in [0.05, 0.1) is 11.6 Å². The summed E-state index contributed by atoms with van der Waals surface area (Å²) in [5.74, 6) is 0.250. The van der Waals surface area contributed by atoms with E-state index in [0.29, 0.717) is 43.7 Å². The van der Waals surface area contributed by atoms with Gasteiger partial charge in [0, 0.05) is 37.7 Å². The van der Waals surface area contributed by atoms with Gasteiger partial charge in [0.25, 0.3) is 5.91 Å². The molecule has 2 amide bonds. The first-order valence-corrected chi connectivity index (χ1v) is 8.50. The molecule has 0 saturated carbocycles. The van der Waals surface area contributed by atoms with E-state index in [1.54, 1.807) is 21.9 Å². The molecule has 1 aliphatic heterocycles. The van der Waals surface area contributed by atoms with Crippen molar-refractivity contribution in [1.82, 2.24) is 14.8 Å². The Bertz CT molecular complexity index is 620. The molecule has 1 aromatic heterocycles. The van der Waals surface area contributed by atoms with Gasteiger partial charge < -0.3 is 14.5 Å². The van der Waals surface area contributed by atoms with Crippen LogP contribution in [-0.2, 0) is 4.79 Å². The number of piperazine rings is 1. The van der Waals surface area contributed by atoms with Crippen molar-refractivity contribution in [3.8, 4) is 5.88 Å². The third-order valence-electron chi connectivity index (χ3n) is 3.81. The van der Waals surface area contributed by atoms with Gasteiger partial charge in [-0.05, 0) is 13.0 Å². The van der Waals surface area contributed by atoms with Crippen molar-refractivity contribution in [3.05, 3.63) is 22.8 Å². The number of nitrogens with zero attached hydrogens (tertiary/aromatic N) is 3. The molecule has 6 nitrogen and oxygen atoms in total. The zero-order chi connectivity index (χ0) is 17.9. The number of halogens is 1. The summed E-state index contributed by atoms with van der Waals surface area (Å²) in [5, 5.41) is 0.302. The minimum absolute atomic E-state index is 0.101. The maximum atomic E-state index is 12.7. The molecular formula is C17H24ClN3O3. The van der Waals surface area contributed by atoms with Gasteiger partial charge in [-0.25, -0.2) is 4.98 Å². The summed E-state index contributed by atoms with van der Waals surface area (Å²) in [7, 11) is 0. The van der Waals surface area contributed by atoms with Crippen LogP contribution in [-0.4, -0.2) is 59.4 Å². The lowest BCUT2D eigenvalue weighted by atomic mass is 9.94. The lowest BCUT2D eigenvalue weighted by molar-refractivity contribution is -0.140. The molecule has 0 N–H and O–H groups in total. The van der Waals surface area contributed by atoms with Crippen LogP contribution in [0.2, 0.25) is 5.02 Å². The first kappa shape index (κ1) is 18.5. The zero-order valence-corrected chi connectivity index (χ0v) is 15.4. The predicted octanol–water partition coefficient (Wildman–Crippen LogP) is 2.46. The SMILES string of the molecule is CCOc1ccc(Cl)c(C(=O)N2CCN(C(=O)C(C)(C)C)CC2)n1. The quantitative estimate of drug-likeness (QED) is 0.837. The fraction of sp³-hybridized carbons (Fsp3) is 0.588. The lowest BCUT2D eigenvalue weighted by Crippen LogP contribution is -2.53. The van der Waals surface area contributed by atoms with Crippen LogP contribution in [0.1, 0.15) is 38.2 Å². The topological polar surface area (TPSA) is 62.7 Å². The van der Waals surface area contributed by atoms with Crippen molar-refractivity contribution in [2.24, 2.45) is 5.41 Å². The Morgan fingerprint density at radius 2 is 1.75 bits per heavy atom. The second-order valence-electron chi connectivity index (χ2n) is 6.75. The summed E-state index contributed by atoms with van der Waals surface area (Å²) in [5.41, 5.74) is -0.221. The average molecular weight is 354 g/mol. The largest absolute Gasteiger partial charge is 0.478 e. The van der Waals surface area contributed by atoms with Crippen LogP contribution in [0.4, 0.5) is 0 Å². The molecular weight excluding hydrogens is 330 g/mol. The van der Waals surface area contributed by atoms with E-state index in [9.17, 15) is 9.59 Å². The number of rotatable bonds is 3. The minimum atomic E-state index is -0.414. The molecule has 0 aliphatic carbocycles. The molecule has 7 heteroatoms. The Labute approximate surface area is 147 Å². The van der Waals surface area contributed by atoms with Crippen LogP contribution in [0.25, 0.3) is 0 Å².